The molecule has 0 spiro atoms. The summed E-state index contributed by atoms with van der Waals surface area (Å²) in [7, 11) is 0. The van der Waals surface area contributed by atoms with Crippen molar-refractivity contribution in [3.05, 3.63) is 0 Å². The summed E-state index contributed by atoms with van der Waals surface area (Å²) in [6.45, 7) is 3.48. The molecule has 0 bridgehead atoms. The quantitative estimate of drug-likeness (QED) is 0.629. The number of amides is 1. The molecule has 64 valence electrons. The number of carbonyl (C=O) groups excluding carboxylic acids is 1. The molecule has 0 saturated carbocycles. The Hall–Kier alpha value is -0.570. The van der Waals surface area contributed by atoms with Crippen LogP contribution in [0.4, 0.5) is 0 Å². The number of aliphatic hydroxyl groups is 1. The van der Waals surface area contributed by atoms with E-state index in [2.05, 4.69) is 0 Å². The van der Waals surface area contributed by atoms with Crippen LogP contribution in [-0.2, 0) is 4.79 Å². The second-order valence-electron chi connectivity index (χ2n) is 2.96. The van der Waals surface area contributed by atoms with Gasteiger partial charge in [0.2, 0.25) is 0 Å². The van der Waals surface area contributed by atoms with E-state index < -0.39 is 6.10 Å². The van der Waals surface area contributed by atoms with Gasteiger partial charge < -0.3 is 10.0 Å². The van der Waals surface area contributed by atoms with Crippen LogP contribution in [0.2, 0.25) is 0 Å². The normalized spacial score (nSPS) is 20.4. The molecule has 0 aromatic carbocycles. The van der Waals surface area contributed by atoms with Gasteiger partial charge in [0.1, 0.15) is 6.10 Å². The number of nitrogens with zero attached hydrogens (tertiary/aromatic N) is 1. The zero-order valence-electron chi connectivity index (χ0n) is 6.92. The molecule has 3 heteroatoms. The van der Waals surface area contributed by atoms with Crippen molar-refractivity contribution in [2.45, 2.75) is 32.3 Å². The zero-order chi connectivity index (χ0) is 8.27. The highest BCUT2D eigenvalue weighted by Crippen LogP contribution is 2.09. The lowest BCUT2D eigenvalue weighted by Crippen LogP contribution is -2.36. The van der Waals surface area contributed by atoms with Gasteiger partial charge in [0, 0.05) is 13.1 Å². The molecule has 0 aliphatic carbocycles. The van der Waals surface area contributed by atoms with Crippen LogP contribution < -0.4 is 0 Å². The Morgan fingerprint density at radius 3 is 2.55 bits per heavy atom. The van der Waals surface area contributed by atoms with Crippen LogP contribution in [0.3, 0.4) is 0 Å². The number of hydrogen-bond acceptors (Lipinski definition) is 2. The Morgan fingerprint density at radius 1 is 1.55 bits per heavy atom. The first-order chi connectivity index (χ1) is 5.25. The summed E-state index contributed by atoms with van der Waals surface area (Å²) in [6, 6.07) is 0. The Kier molecular flexibility index (Phi) is 2.88. The standard InChI is InChI=1S/C8H15NO2/c1-2-7(10)8(11)9-5-3-4-6-9/h7,10H,2-6H2,1H3/t7-/m0/s1. The van der Waals surface area contributed by atoms with Crippen LogP contribution in [0.1, 0.15) is 26.2 Å². The lowest BCUT2D eigenvalue weighted by Gasteiger charge is -2.17. The maximum atomic E-state index is 11.3. The predicted octanol–water partition coefficient (Wildman–Crippen LogP) is 0.380. The second-order valence-corrected chi connectivity index (χ2v) is 2.96. The van der Waals surface area contributed by atoms with Crippen molar-refractivity contribution in [1.82, 2.24) is 4.90 Å². The Bertz CT molecular complexity index is 141. The summed E-state index contributed by atoms with van der Waals surface area (Å²) in [5, 5.41) is 9.20. The third-order valence-electron chi connectivity index (χ3n) is 2.09. The van der Waals surface area contributed by atoms with Crippen molar-refractivity contribution in [1.29, 1.82) is 0 Å². The van der Waals surface area contributed by atoms with E-state index in [-0.39, 0.29) is 5.91 Å². The molecule has 1 amide bonds. The van der Waals surface area contributed by atoms with Crippen molar-refractivity contribution in [2.24, 2.45) is 0 Å². The molecular formula is C8H15NO2. The number of hydrogen-bond donors (Lipinski definition) is 1. The van der Waals surface area contributed by atoms with Gasteiger partial charge in [-0.15, -0.1) is 0 Å². The Labute approximate surface area is 67.0 Å². The minimum Gasteiger partial charge on any atom is -0.383 e. The maximum Gasteiger partial charge on any atom is 0.251 e. The summed E-state index contributed by atoms with van der Waals surface area (Å²) in [4.78, 5) is 13.0. The average Bonchev–Trinajstić information content (AvgIpc) is 2.53. The first-order valence-corrected chi connectivity index (χ1v) is 4.22. The second kappa shape index (κ2) is 3.72. The molecule has 1 aliphatic rings. The molecule has 1 rings (SSSR count). The van der Waals surface area contributed by atoms with E-state index in [4.69, 9.17) is 0 Å². The monoisotopic (exact) mass is 157 g/mol. The molecule has 11 heavy (non-hydrogen) atoms. The number of rotatable bonds is 2. The SMILES string of the molecule is CC[C@H](O)C(=O)N1CCCC1. The van der Waals surface area contributed by atoms with Crippen LogP contribution in [0.25, 0.3) is 0 Å². The van der Waals surface area contributed by atoms with E-state index in [0.29, 0.717) is 6.42 Å². The molecular weight excluding hydrogens is 142 g/mol. The van der Waals surface area contributed by atoms with Gasteiger partial charge in [0.05, 0.1) is 0 Å². The molecule has 1 saturated heterocycles. The average molecular weight is 157 g/mol. The first kappa shape index (κ1) is 8.53. The van der Waals surface area contributed by atoms with Crippen molar-refractivity contribution in [3.8, 4) is 0 Å². The van der Waals surface area contributed by atoms with E-state index in [1.54, 1.807) is 4.90 Å². The molecule has 1 heterocycles. The summed E-state index contributed by atoms with van der Waals surface area (Å²) in [6.07, 6.45) is 1.92. The smallest absolute Gasteiger partial charge is 0.251 e. The summed E-state index contributed by atoms with van der Waals surface area (Å²) in [5.74, 6) is -0.0926. The van der Waals surface area contributed by atoms with Gasteiger partial charge in [-0.05, 0) is 19.3 Å². The summed E-state index contributed by atoms with van der Waals surface area (Å²) >= 11 is 0. The van der Waals surface area contributed by atoms with Gasteiger partial charge in [-0.3, -0.25) is 4.79 Å². The highest BCUT2D eigenvalue weighted by atomic mass is 16.3. The molecule has 0 aromatic rings. The molecule has 1 aliphatic heterocycles. The van der Waals surface area contributed by atoms with Gasteiger partial charge in [0.15, 0.2) is 0 Å². The third-order valence-corrected chi connectivity index (χ3v) is 2.09. The van der Waals surface area contributed by atoms with Gasteiger partial charge in [-0.2, -0.15) is 0 Å². The number of likely N-dealkylation sites (tertiary alicyclic amines) is 1. The van der Waals surface area contributed by atoms with E-state index in [0.717, 1.165) is 25.9 Å². The van der Waals surface area contributed by atoms with Crippen molar-refractivity contribution < 1.29 is 9.90 Å². The van der Waals surface area contributed by atoms with Crippen molar-refractivity contribution >= 4 is 5.91 Å². The van der Waals surface area contributed by atoms with E-state index in [1.165, 1.54) is 0 Å². The lowest BCUT2D eigenvalue weighted by atomic mass is 10.2. The summed E-state index contributed by atoms with van der Waals surface area (Å²) in [5.41, 5.74) is 0. The third kappa shape index (κ3) is 1.93. The minimum absolute atomic E-state index is 0.0926. The molecule has 0 unspecified atom stereocenters. The van der Waals surface area contributed by atoms with Crippen LogP contribution in [0.5, 0.6) is 0 Å². The van der Waals surface area contributed by atoms with Crippen molar-refractivity contribution in [2.75, 3.05) is 13.1 Å². The van der Waals surface area contributed by atoms with Crippen molar-refractivity contribution in [3.63, 3.8) is 0 Å². The van der Waals surface area contributed by atoms with E-state index >= 15 is 0 Å². The maximum absolute atomic E-state index is 11.3. The number of aliphatic hydroxyl groups excluding tert-OH is 1. The van der Waals surface area contributed by atoms with Crippen LogP contribution in [0, 0.1) is 0 Å². The van der Waals surface area contributed by atoms with Gasteiger partial charge >= 0.3 is 0 Å². The summed E-state index contributed by atoms with van der Waals surface area (Å²) < 4.78 is 0. The fraction of sp³-hybridized carbons (Fsp3) is 0.875. The first-order valence-electron chi connectivity index (χ1n) is 4.22. The fourth-order valence-electron chi connectivity index (χ4n) is 1.32. The molecule has 1 atom stereocenters. The van der Waals surface area contributed by atoms with Crippen LogP contribution in [0.15, 0.2) is 0 Å². The Balaban J connectivity index is 2.39. The predicted molar refractivity (Wildman–Crippen MR) is 42.1 cm³/mol. The zero-order valence-corrected chi connectivity index (χ0v) is 6.92. The lowest BCUT2D eigenvalue weighted by molar-refractivity contribution is -0.139. The molecule has 1 N–H and O–H groups in total. The molecule has 0 aromatic heterocycles. The fourth-order valence-corrected chi connectivity index (χ4v) is 1.32. The topological polar surface area (TPSA) is 40.5 Å². The molecule has 1 fully saturated rings. The highest BCUT2D eigenvalue weighted by Gasteiger charge is 2.22. The van der Waals surface area contributed by atoms with E-state index in [9.17, 15) is 9.90 Å². The largest absolute Gasteiger partial charge is 0.383 e. The molecule has 3 nitrogen and oxygen atoms in total. The van der Waals surface area contributed by atoms with E-state index in [1.807, 2.05) is 6.92 Å². The number of carbonyl (C=O) groups is 1. The van der Waals surface area contributed by atoms with Gasteiger partial charge in [-0.1, -0.05) is 6.92 Å². The Morgan fingerprint density at radius 2 is 2.09 bits per heavy atom. The van der Waals surface area contributed by atoms with Gasteiger partial charge in [0.25, 0.3) is 5.91 Å². The minimum atomic E-state index is -0.770. The highest BCUT2D eigenvalue weighted by molar-refractivity contribution is 5.80. The van der Waals surface area contributed by atoms with Crippen LogP contribution in [-0.4, -0.2) is 35.1 Å². The molecule has 0 radical (unpaired) electrons. The van der Waals surface area contributed by atoms with Crippen LogP contribution >= 0.6 is 0 Å². The van der Waals surface area contributed by atoms with Gasteiger partial charge in [-0.25, -0.2) is 0 Å².